The first-order valence-electron chi connectivity index (χ1n) is 7.39. The van der Waals surface area contributed by atoms with E-state index in [2.05, 4.69) is 15.1 Å². The maximum atomic E-state index is 12.4. The molecule has 124 valence electrons. The first kappa shape index (κ1) is 16.2. The molecule has 0 radical (unpaired) electrons. The number of aryl methyl sites for hydroxylation is 1. The van der Waals surface area contributed by atoms with Crippen molar-refractivity contribution in [1.82, 2.24) is 20.0 Å². The summed E-state index contributed by atoms with van der Waals surface area (Å²) < 4.78 is 5.01. The zero-order valence-electron chi connectivity index (χ0n) is 13.2. The molecule has 1 N–H and O–H groups in total. The van der Waals surface area contributed by atoms with Crippen LogP contribution in [0.5, 0.6) is 0 Å². The van der Waals surface area contributed by atoms with Crippen molar-refractivity contribution < 1.29 is 9.32 Å². The van der Waals surface area contributed by atoms with Crippen LogP contribution in [0.25, 0.3) is 10.9 Å². The summed E-state index contributed by atoms with van der Waals surface area (Å²) in [7, 11) is 0. The van der Waals surface area contributed by atoms with E-state index in [9.17, 15) is 9.59 Å². The molecule has 24 heavy (non-hydrogen) atoms. The minimum absolute atomic E-state index is 0.146. The molecule has 8 heteroatoms. The molecular formula is C16H15ClN4O3. The van der Waals surface area contributed by atoms with Crippen molar-refractivity contribution in [3.63, 3.8) is 0 Å². The predicted octanol–water partition coefficient (Wildman–Crippen LogP) is 2.54. The van der Waals surface area contributed by atoms with Crippen molar-refractivity contribution in [2.75, 3.05) is 6.54 Å². The van der Waals surface area contributed by atoms with Gasteiger partial charge in [-0.2, -0.15) is 0 Å². The van der Waals surface area contributed by atoms with Crippen LogP contribution < -0.4 is 5.56 Å². The third-order valence-electron chi connectivity index (χ3n) is 3.57. The number of carbonyl (C=O) groups excluding carboxylic acids is 1. The van der Waals surface area contributed by atoms with Crippen molar-refractivity contribution in [2.24, 2.45) is 0 Å². The summed E-state index contributed by atoms with van der Waals surface area (Å²) in [4.78, 5) is 33.2. The average molecular weight is 347 g/mol. The number of halogens is 1. The lowest BCUT2D eigenvalue weighted by atomic mass is 10.2. The van der Waals surface area contributed by atoms with Gasteiger partial charge in [0.25, 0.3) is 11.5 Å². The maximum Gasteiger partial charge on any atom is 0.292 e. The van der Waals surface area contributed by atoms with Gasteiger partial charge in [0, 0.05) is 17.6 Å². The molecule has 0 spiro atoms. The molecule has 0 aliphatic carbocycles. The van der Waals surface area contributed by atoms with E-state index >= 15 is 0 Å². The Balaban J connectivity index is 1.92. The largest absolute Gasteiger partial charge is 0.351 e. The lowest BCUT2D eigenvalue weighted by Crippen LogP contribution is -2.31. The molecule has 0 aliphatic heterocycles. The Morgan fingerprint density at radius 3 is 2.83 bits per heavy atom. The summed E-state index contributed by atoms with van der Waals surface area (Å²) in [5, 5.41) is 4.66. The quantitative estimate of drug-likeness (QED) is 0.783. The summed E-state index contributed by atoms with van der Waals surface area (Å²) in [6, 6.07) is 6.44. The number of nitrogens with one attached hydrogen (secondary N) is 1. The molecule has 0 bridgehead atoms. The monoisotopic (exact) mass is 346 g/mol. The van der Waals surface area contributed by atoms with E-state index in [1.54, 1.807) is 31.2 Å². The second kappa shape index (κ2) is 6.45. The van der Waals surface area contributed by atoms with Crippen LogP contribution in [0.2, 0.25) is 5.02 Å². The van der Waals surface area contributed by atoms with Gasteiger partial charge < -0.3 is 14.4 Å². The predicted molar refractivity (Wildman–Crippen MR) is 89.0 cm³/mol. The Labute approximate surface area is 142 Å². The summed E-state index contributed by atoms with van der Waals surface area (Å²) >= 11 is 5.95. The number of benzene rings is 1. The molecule has 0 unspecified atom stereocenters. The zero-order chi connectivity index (χ0) is 17.3. The van der Waals surface area contributed by atoms with Crippen molar-refractivity contribution in [1.29, 1.82) is 0 Å². The first-order chi connectivity index (χ1) is 11.5. The molecule has 3 aromatic rings. The molecule has 0 atom stereocenters. The normalized spacial score (nSPS) is 11.0. The van der Waals surface area contributed by atoms with Crippen LogP contribution in [0.15, 0.2) is 33.6 Å². The fourth-order valence-electron chi connectivity index (χ4n) is 2.36. The number of aromatic amines is 1. The Morgan fingerprint density at radius 2 is 2.17 bits per heavy atom. The van der Waals surface area contributed by atoms with Crippen molar-refractivity contribution in [3.8, 4) is 0 Å². The number of hydrogen-bond donors (Lipinski definition) is 1. The molecule has 2 aromatic heterocycles. The highest BCUT2D eigenvalue weighted by atomic mass is 35.5. The van der Waals surface area contributed by atoms with Crippen LogP contribution in [0.4, 0.5) is 0 Å². The molecular weight excluding hydrogens is 332 g/mol. The van der Waals surface area contributed by atoms with Crippen LogP contribution in [0.1, 0.15) is 29.0 Å². The topological polar surface area (TPSA) is 92.1 Å². The van der Waals surface area contributed by atoms with Gasteiger partial charge in [0.2, 0.25) is 5.76 Å². The van der Waals surface area contributed by atoms with Gasteiger partial charge in [0.15, 0.2) is 0 Å². The van der Waals surface area contributed by atoms with Crippen LogP contribution in [0, 0.1) is 6.92 Å². The number of hydrogen-bond acceptors (Lipinski definition) is 5. The van der Waals surface area contributed by atoms with Gasteiger partial charge in [-0.25, -0.2) is 4.98 Å². The number of fused-ring (bicyclic) bond motifs is 1. The summed E-state index contributed by atoms with van der Waals surface area (Å²) in [6.07, 6.45) is 0. The smallest absolute Gasteiger partial charge is 0.292 e. The lowest BCUT2D eigenvalue weighted by Gasteiger charge is -2.18. The number of rotatable bonds is 4. The van der Waals surface area contributed by atoms with Gasteiger partial charge in [0.05, 0.1) is 23.1 Å². The number of aromatic nitrogens is 3. The fraction of sp³-hybridized carbons (Fsp3) is 0.250. The SMILES string of the molecule is CCN(Cc1nc2cc(Cl)ccc2c(=O)[nH]1)C(=O)c1cc(C)no1. The van der Waals surface area contributed by atoms with Gasteiger partial charge in [0.1, 0.15) is 5.82 Å². The Kier molecular flexibility index (Phi) is 4.35. The number of carbonyl (C=O) groups is 1. The van der Waals surface area contributed by atoms with Crippen molar-refractivity contribution in [3.05, 3.63) is 56.9 Å². The van der Waals surface area contributed by atoms with Gasteiger partial charge in [-0.05, 0) is 32.0 Å². The molecule has 0 saturated heterocycles. The molecule has 1 amide bonds. The van der Waals surface area contributed by atoms with E-state index in [-0.39, 0.29) is 23.8 Å². The summed E-state index contributed by atoms with van der Waals surface area (Å²) in [6.45, 7) is 4.14. The van der Waals surface area contributed by atoms with Gasteiger partial charge in [-0.1, -0.05) is 16.8 Å². The van der Waals surface area contributed by atoms with Crippen LogP contribution in [0.3, 0.4) is 0 Å². The zero-order valence-corrected chi connectivity index (χ0v) is 13.9. The molecule has 3 rings (SSSR count). The Morgan fingerprint density at radius 1 is 1.38 bits per heavy atom. The van der Waals surface area contributed by atoms with Crippen molar-refractivity contribution in [2.45, 2.75) is 20.4 Å². The second-order valence-electron chi connectivity index (χ2n) is 5.33. The van der Waals surface area contributed by atoms with E-state index < -0.39 is 0 Å². The molecule has 7 nitrogen and oxygen atoms in total. The minimum atomic E-state index is -0.313. The summed E-state index contributed by atoms with van der Waals surface area (Å²) in [5.41, 5.74) is 0.840. The number of H-pyrrole nitrogens is 1. The first-order valence-corrected chi connectivity index (χ1v) is 7.76. The van der Waals surface area contributed by atoms with Crippen molar-refractivity contribution >= 4 is 28.4 Å². The van der Waals surface area contributed by atoms with E-state index in [0.717, 1.165) is 0 Å². The third-order valence-corrected chi connectivity index (χ3v) is 3.80. The second-order valence-corrected chi connectivity index (χ2v) is 5.76. The number of amides is 1. The fourth-order valence-corrected chi connectivity index (χ4v) is 2.53. The van der Waals surface area contributed by atoms with E-state index in [1.807, 2.05) is 6.92 Å². The molecule has 0 aliphatic rings. The third kappa shape index (κ3) is 3.16. The molecule has 2 heterocycles. The van der Waals surface area contributed by atoms with Gasteiger partial charge >= 0.3 is 0 Å². The number of nitrogens with zero attached hydrogens (tertiary/aromatic N) is 3. The van der Waals surface area contributed by atoms with E-state index in [0.29, 0.717) is 34.0 Å². The van der Waals surface area contributed by atoms with Crippen LogP contribution in [-0.2, 0) is 6.54 Å². The lowest BCUT2D eigenvalue weighted by molar-refractivity contribution is 0.0706. The van der Waals surface area contributed by atoms with E-state index in [1.165, 1.54) is 4.90 Å². The molecule has 0 fully saturated rings. The van der Waals surface area contributed by atoms with E-state index in [4.69, 9.17) is 16.1 Å². The van der Waals surface area contributed by atoms with Gasteiger partial charge in [-0.15, -0.1) is 0 Å². The average Bonchev–Trinajstić information content (AvgIpc) is 2.98. The van der Waals surface area contributed by atoms with Crippen LogP contribution >= 0.6 is 11.6 Å². The summed E-state index contributed by atoms with van der Waals surface area (Å²) in [5.74, 6) is 0.216. The maximum absolute atomic E-state index is 12.4. The molecule has 1 aromatic carbocycles. The molecule has 0 saturated carbocycles. The Hall–Kier alpha value is -2.67. The standard InChI is InChI=1S/C16H15ClN4O3/c1-3-21(16(23)13-6-9(2)20-24-13)8-14-18-12-7-10(17)4-5-11(12)15(22)19-14/h4-7H,3,8H2,1-2H3,(H,18,19,22). The van der Waals surface area contributed by atoms with Gasteiger partial charge in [-0.3, -0.25) is 9.59 Å². The minimum Gasteiger partial charge on any atom is -0.351 e. The van der Waals surface area contributed by atoms with Crippen LogP contribution in [-0.4, -0.2) is 32.5 Å². The highest BCUT2D eigenvalue weighted by molar-refractivity contribution is 6.31. The highest BCUT2D eigenvalue weighted by Crippen LogP contribution is 2.15. The highest BCUT2D eigenvalue weighted by Gasteiger charge is 2.20. The Bertz CT molecular complexity index is 963.